The van der Waals surface area contributed by atoms with Gasteiger partial charge in [0.15, 0.2) is 0 Å². The molecule has 1 fully saturated rings. The SMILES string of the molecule is Cn1cc(CN2CCC(c3n[nH]c(=O)n3Cc3ccccc3)CC2)cn1. The second-order valence-corrected chi connectivity index (χ2v) is 7.03. The Labute approximate surface area is 152 Å². The van der Waals surface area contributed by atoms with Gasteiger partial charge in [0.05, 0.1) is 12.7 Å². The lowest BCUT2D eigenvalue weighted by molar-refractivity contribution is 0.200. The summed E-state index contributed by atoms with van der Waals surface area (Å²) in [6.45, 7) is 3.51. The first-order valence-electron chi connectivity index (χ1n) is 9.08. The Kier molecular flexibility index (Phi) is 4.71. The maximum Gasteiger partial charge on any atom is 0.343 e. The third kappa shape index (κ3) is 3.62. The normalized spacial score (nSPS) is 16.2. The van der Waals surface area contributed by atoms with Gasteiger partial charge in [-0.25, -0.2) is 9.89 Å². The van der Waals surface area contributed by atoms with Gasteiger partial charge >= 0.3 is 5.69 Å². The Morgan fingerprint density at radius 3 is 2.58 bits per heavy atom. The van der Waals surface area contributed by atoms with Crippen molar-refractivity contribution in [3.8, 4) is 0 Å². The van der Waals surface area contributed by atoms with Crippen molar-refractivity contribution >= 4 is 0 Å². The van der Waals surface area contributed by atoms with E-state index in [4.69, 9.17) is 0 Å². The minimum atomic E-state index is -0.123. The number of nitrogens with one attached hydrogen (secondary N) is 1. The van der Waals surface area contributed by atoms with Crippen molar-refractivity contribution in [3.05, 3.63) is 70.2 Å². The first-order valence-corrected chi connectivity index (χ1v) is 9.08. The van der Waals surface area contributed by atoms with Crippen LogP contribution in [0.3, 0.4) is 0 Å². The lowest BCUT2D eigenvalue weighted by atomic mass is 9.95. The molecule has 0 atom stereocenters. The van der Waals surface area contributed by atoms with E-state index in [2.05, 4.69) is 26.4 Å². The number of hydrogen-bond acceptors (Lipinski definition) is 4. The maximum absolute atomic E-state index is 12.2. The van der Waals surface area contributed by atoms with Crippen LogP contribution in [-0.4, -0.2) is 42.5 Å². The number of rotatable bonds is 5. The Morgan fingerprint density at radius 1 is 1.12 bits per heavy atom. The quantitative estimate of drug-likeness (QED) is 0.759. The van der Waals surface area contributed by atoms with Gasteiger partial charge in [0, 0.05) is 31.3 Å². The van der Waals surface area contributed by atoms with Gasteiger partial charge in [-0.1, -0.05) is 30.3 Å². The molecule has 2 aromatic heterocycles. The zero-order valence-corrected chi connectivity index (χ0v) is 15.0. The molecule has 3 aromatic rings. The summed E-state index contributed by atoms with van der Waals surface area (Å²) in [7, 11) is 1.94. The number of piperidine rings is 1. The highest BCUT2D eigenvalue weighted by Gasteiger charge is 2.25. The van der Waals surface area contributed by atoms with E-state index in [1.807, 2.05) is 48.3 Å². The number of aromatic amines is 1. The molecule has 0 radical (unpaired) electrons. The molecule has 1 aliphatic heterocycles. The second kappa shape index (κ2) is 7.29. The lowest BCUT2D eigenvalue weighted by Crippen LogP contribution is -2.33. The molecule has 26 heavy (non-hydrogen) atoms. The van der Waals surface area contributed by atoms with Crippen LogP contribution in [0.5, 0.6) is 0 Å². The molecule has 0 saturated carbocycles. The molecule has 7 nitrogen and oxygen atoms in total. The maximum atomic E-state index is 12.2. The Morgan fingerprint density at radius 2 is 1.88 bits per heavy atom. The molecule has 0 spiro atoms. The highest BCUT2D eigenvalue weighted by atomic mass is 16.1. The van der Waals surface area contributed by atoms with Crippen LogP contribution in [0.25, 0.3) is 0 Å². The molecule has 7 heteroatoms. The predicted molar refractivity (Wildman–Crippen MR) is 98.9 cm³/mol. The summed E-state index contributed by atoms with van der Waals surface area (Å²) >= 11 is 0. The molecule has 1 aliphatic rings. The van der Waals surface area contributed by atoms with Crippen molar-refractivity contribution < 1.29 is 0 Å². The van der Waals surface area contributed by atoms with E-state index in [9.17, 15) is 4.79 Å². The minimum Gasteiger partial charge on any atom is -0.299 e. The standard InChI is InChI=1S/C19H24N6O/c1-23-12-16(11-20-23)13-24-9-7-17(8-10-24)18-21-22-19(26)25(18)14-15-5-3-2-4-6-15/h2-6,11-12,17H,7-10,13-14H2,1H3,(H,22,26). The molecular formula is C19H24N6O. The van der Waals surface area contributed by atoms with E-state index in [-0.39, 0.29) is 5.69 Å². The molecule has 1 N–H and O–H groups in total. The van der Waals surface area contributed by atoms with Crippen molar-refractivity contribution in [1.29, 1.82) is 0 Å². The van der Waals surface area contributed by atoms with Crippen LogP contribution in [0.15, 0.2) is 47.5 Å². The van der Waals surface area contributed by atoms with Crippen LogP contribution in [0.4, 0.5) is 0 Å². The van der Waals surface area contributed by atoms with Crippen molar-refractivity contribution in [2.45, 2.75) is 31.8 Å². The van der Waals surface area contributed by atoms with Gasteiger partial charge in [-0.05, 0) is 31.5 Å². The lowest BCUT2D eigenvalue weighted by Gasteiger charge is -2.31. The third-order valence-electron chi connectivity index (χ3n) is 5.09. The summed E-state index contributed by atoms with van der Waals surface area (Å²) in [4.78, 5) is 14.7. The Balaban J connectivity index is 1.42. The molecule has 3 heterocycles. The van der Waals surface area contributed by atoms with Crippen molar-refractivity contribution in [3.63, 3.8) is 0 Å². The van der Waals surface area contributed by atoms with Gasteiger partial charge in [-0.2, -0.15) is 10.2 Å². The van der Waals surface area contributed by atoms with E-state index < -0.39 is 0 Å². The first kappa shape index (κ1) is 16.8. The van der Waals surface area contributed by atoms with Crippen molar-refractivity contribution in [2.75, 3.05) is 13.1 Å². The van der Waals surface area contributed by atoms with E-state index >= 15 is 0 Å². The molecule has 136 valence electrons. The summed E-state index contributed by atoms with van der Waals surface area (Å²) < 4.78 is 3.63. The molecule has 0 unspecified atom stereocenters. The van der Waals surface area contributed by atoms with Gasteiger partial charge in [-0.15, -0.1) is 0 Å². The Hall–Kier alpha value is -2.67. The fourth-order valence-corrected chi connectivity index (χ4v) is 3.72. The number of hydrogen-bond donors (Lipinski definition) is 1. The molecule has 0 aliphatic carbocycles. The number of aromatic nitrogens is 5. The molecule has 1 aromatic carbocycles. The van der Waals surface area contributed by atoms with Gasteiger partial charge in [0.25, 0.3) is 0 Å². The fraction of sp³-hybridized carbons (Fsp3) is 0.421. The summed E-state index contributed by atoms with van der Waals surface area (Å²) in [6.07, 6.45) is 6.02. The number of H-pyrrole nitrogens is 1. The van der Waals surface area contributed by atoms with Crippen LogP contribution in [-0.2, 0) is 20.1 Å². The summed E-state index contributed by atoms with van der Waals surface area (Å²) in [6, 6.07) is 10.1. The Bertz CT molecular complexity index is 902. The monoisotopic (exact) mass is 352 g/mol. The molecule has 1 saturated heterocycles. The average molecular weight is 352 g/mol. The second-order valence-electron chi connectivity index (χ2n) is 7.03. The zero-order chi connectivity index (χ0) is 17.9. The predicted octanol–water partition coefficient (Wildman–Crippen LogP) is 1.73. The summed E-state index contributed by atoms with van der Waals surface area (Å²) in [5.74, 6) is 1.21. The first-order chi connectivity index (χ1) is 12.7. The summed E-state index contributed by atoms with van der Waals surface area (Å²) in [5, 5.41) is 11.2. The molecule has 4 rings (SSSR count). The van der Waals surface area contributed by atoms with E-state index in [0.717, 1.165) is 43.9 Å². The van der Waals surface area contributed by atoms with Crippen LogP contribution < -0.4 is 5.69 Å². The summed E-state index contributed by atoms with van der Waals surface area (Å²) in [5.41, 5.74) is 2.24. The zero-order valence-electron chi connectivity index (χ0n) is 15.0. The molecule has 0 amide bonds. The van der Waals surface area contributed by atoms with Crippen LogP contribution in [0.2, 0.25) is 0 Å². The highest BCUT2D eigenvalue weighted by molar-refractivity contribution is 5.16. The number of benzene rings is 1. The number of likely N-dealkylation sites (tertiary alicyclic amines) is 1. The highest BCUT2D eigenvalue weighted by Crippen LogP contribution is 2.27. The van der Waals surface area contributed by atoms with E-state index in [1.165, 1.54) is 5.56 Å². The van der Waals surface area contributed by atoms with Gasteiger partial charge < -0.3 is 0 Å². The van der Waals surface area contributed by atoms with Crippen LogP contribution >= 0.6 is 0 Å². The smallest absolute Gasteiger partial charge is 0.299 e. The average Bonchev–Trinajstić information content (AvgIpc) is 3.23. The third-order valence-corrected chi connectivity index (χ3v) is 5.09. The van der Waals surface area contributed by atoms with Gasteiger partial charge in [0.1, 0.15) is 5.82 Å². The van der Waals surface area contributed by atoms with Crippen LogP contribution in [0, 0.1) is 0 Å². The number of nitrogens with zero attached hydrogens (tertiary/aromatic N) is 5. The fourth-order valence-electron chi connectivity index (χ4n) is 3.72. The van der Waals surface area contributed by atoms with E-state index in [1.54, 1.807) is 4.57 Å². The largest absolute Gasteiger partial charge is 0.343 e. The van der Waals surface area contributed by atoms with Crippen molar-refractivity contribution in [1.82, 2.24) is 29.4 Å². The van der Waals surface area contributed by atoms with Gasteiger partial charge in [0.2, 0.25) is 0 Å². The van der Waals surface area contributed by atoms with Crippen LogP contribution in [0.1, 0.15) is 35.7 Å². The van der Waals surface area contributed by atoms with Gasteiger partial charge in [-0.3, -0.25) is 14.1 Å². The number of aryl methyl sites for hydroxylation is 1. The van der Waals surface area contributed by atoms with E-state index in [0.29, 0.717) is 12.5 Å². The van der Waals surface area contributed by atoms with Crippen molar-refractivity contribution in [2.24, 2.45) is 7.05 Å². The topological polar surface area (TPSA) is 71.7 Å². The molecule has 0 bridgehead atoms. The minimum absolute atomic E-state index is 0.123. The molecular weight excluding hydrogens is 328 g/mol.